The van der Waals surface area contributed by atoms with Gasteiger partial charge in [0.05, 0.1) is 11.5 Å². The molecule has 0 fully saturated rings. The lowest BCUT2D eigenvalue weighted by molar-refractivity contribution is -0.385. The smallest absolute Gasteiger partial charge is 0.311 e. The fourth-order valence-electron chi connectivity index (χ4n) is 3.76. The Morgan fingerprint density at radius 1 is 1.16 bits per heavy atom. The number of aromatic nitrogens is 1. The number of anilines is 1. The summed E-state index contributed by atoms with van der Waals surface area (Å²) in [6, 6.07) is 17.3. The highest BCUT2D eigenvalue weighted by molar-refractivity contribution is 7.80. The van der Waals surface area contributed by atoms with Gasteiger partial charge in [0.2, 0.25) is 5.89 Å². The summed E-state index contributed by atoms with van der Waals surface area (Å²) >= 11 is 5.29. The maximum absolute atomic E-state index is 12.6. The molecule has 1 aromatic heterocycles. The Morgan fingerprint density at radius 3 is 2.70 bits per heavy atom. The Hall–Kier alpha value is -4.31. The second-order valence-corrected chi connectivity index (χ2v) is 8.83. The molecular formula is C27H26N4O5S. The lowest BCUT2D eigenvalue weighted by Gasteiger charge is -2.11. The SMILES string of the molecule is CCOc1ccc(C(=O)NC(=S)Nc2cccc(-c3nc4cc([C@@H](C)CC)ccc4o3)c2)cc1[N+](=O)[O-]. The van der Waals surface area contributed by atoms with Gasteiger partial charge in [0, 0.05) is 22.9 Å². The van der Waals surface area contributed by atoms with Crippen molar-refractivity contribution in [2.75, 3.05) is 11.9 Å². The van der Waals surface area contributed by atoms with Crippen LogP contribution in [0.15, 0.2) is 65.1 Å². The van der Waals surface area contributed by atoms with Crippen molar-refractivity contribution in [2.45, 2.75) is 33.1 Å². The number of hydrogen-bond donors (Lipinski definition) is 2. The fraction of sp³-hybridized carbons (Fsp3) is 0.222. The van der Waals surface area contributed by atoms with Gasteiger partial charge in [-0.1, -0.05) is 26.0 Å². The highest BCUT2D eigenvalue weighted by Gasteiger charge is 2.19. The van der Waals surface area contributed by atoms with Crippen molar-refractivity contribution >= 4 is 45.7 Å². The van der Waals surface area contributed by atoms with Gasteiger partial charge < -0.3 is 14.5 Å². The summed E-state index contributed by atoms with van der Waals surface area (Å²) in [7, 11) is 0. The molecule has 0 aliphatic heterocycles. The number of hydrogen-bond acceptors (Lipinski definition) is 7. The number of nitro benzene ring substituents is 1. The van der Waals surface area contributed by atoms with E-state index in [0.29, 0.717) is 23.1 Å². The fourth-order valence-corrected chi connectivity index (χ4v) is 3.97. The average molecular weight is 519 g/mol. The number of fused-ring (bicyclic) bond motifs is 1. The number of nitrogens with zero attached hydrogens (tertiary/aromatic N) is 2. The maximum atomic E-state index is 12.6. The minimum Gasteiger partial charge on any atom is -0.487 e. The minimum absolute atomic E-state index is 0.0365. The molecule has 0 bridgehead atoms. The summed E-state index contributed by atoms with van der Waals surface area (Å²) in [6.07, 6.45) is 1.04. The van der Waals surface area contributed by atoms with Gasteiger partial charge >= 0.3 is 5.69 Å². The van der Waals surface area contributed by atoms with Crippen molar-refractivity contribution < 1.29 is 18.9 Å². The molecule has 0 unspecified atom stereocenters. The van der Waals surface area contributed by atoms with Gasteiger partial charge in [-0.2, -0.15) is 0 Å². The van der Waals surface area contributed by atoms with Crippen LogP contribution in [0.3, 0.4) is 0 Å². The standard InChI is InChI=1S/C27H26N4O5S/c1-4-16(3)17-9-11-23-21(14-17)29-26(36-23)19-7-6-8-20(13-19)28-27(37)30-25(32)18-10-12-24(35-5-2)22(15-18)31(33)34/h6-16H,4-5H2,1-3H3,(H2,28,30,32,37)/t16-/m0/s1. The van der Waals surface area contributed by atoms with E-state index in [9.17, 15) is 14.9 Å². The summed E-state index contributed by atoms with van der Waals surface area (Å²) in [5.41, 5.74) is 3.84. The average Bonchev–Trinajstić information content (AvgIpc) is 3.32. The van der Waals surface area contributed by atoms with E-state index >= 15 is 0 Å². The van der Waals surface area contributed by atoms with Crippen molar-refractivity contribution in [3.63, 3.8) is 0 Å². The lowest BCUT2D eigenvalue weighted by atomic mass is 9.98. The van der Waals surface area contributed by atoms with E-state index in [1.54, 1.807) is 19.1 Å². The summed E-state index contributed by atoms with van der Waals surface area (Å²) in [4.78, 5) is 28.0. The molecular weight excluding hydrogens is 492 g/mol. The Morgan fingerprint density at radius 2 is 1.97 bits per heavy atom. The van der Waals surface area contributed by atoms with Crippen LogP contribution in [0.1, 0.15) is 49.0 Å². The number of thiocarbonyl (C=S) groups is 1. The van der Waals surface area contributed by atoms with E-state index in [-0.39, 0.29) is 28.7 Å². The normalized spacial score (nSPS) is 11.6. The zero-order valence-corrected chi connectivity index (χ0v) is 21.4. The third kappa shape index (κ3) is 5.92. The monoisotopic (exact) mass is 518 g/mol. The summed E-state index contributed by atoms with van der Waals surface area (Å²) in [6.45, 7) is 6.31. The first kappa shape index (κ1) is 25.8. The van der Waals surface area contributed by atoms with E-state index in [1.165, 1.54) is 17.7 Å². The van der Waals surface area contributed by atoms with Crippen LogP contribution in [0.2, 0.25) is 0 Å². The van der Waals surface area contributed by atoms with Gasteiger partial charge in [-0.15, -0.1) is 0 Å². The largest absolute Gasteiger partial charge is 0.487 e. The number of carbonyl (C=O) groups excluding carboxylic acids is 1. The molecule has 2 N–H and O–H groups in total. The highest BCUT2D eigenvalue weighted by atomic mass is 32.1. The summed E-state index contributed by atoms with van der Waals surface area (Å²) < 4.78 is 11.2. The molecule has 0 spiro atoms. The van der Waals surface area contributed by atoms with Crippen LogP contribution in [-0.4, -0.2) is 27.5 Å². The van der Waals surface area contributed by atoms with Gasteiger partial charge in [0.15, 0.2) is 16.4 Å². The van der Waals surface area contributed by atoms with Crippen molar-refractivity contribution in [1.29, 1.82) is 0 Å². The Labute approximate surface area is 219 Å². The van der Waals surface area contributed by atoms with Crippen LogP contribution in [0.4, 0.5) is 11.4 Å². The van der Waals surface area contributed by atoms with Crippen molar-refractivity contribution in [2.24, 2.45) is 0 Å². The van der Waals surface area contributed by atoms with Crippen LogP contribution in [0.25, 0.3) is 22.6 Å². The van der Waals surface area contributed by atoms with Gasteiger partial charge in [-0.25, -0.2) is 4.98 Å². The van der Waals surface area contributed by atoms with Gasteiger partial charge in [0.1, 0.15) is 5.52 Å². The second kappa shape index (κ2) is 11.2. The van der Waals surface area contributed by atoms with Crippen LogP contribution < -0.4 is 15.4 Å². The molecule has 1 heterocycles. The van der Waals surface area contributed by atoms with E-state index in [4.69, 9.17) is 21.4 Å². The Bertz CT molecular complexity index is 1480. The Balaban J connectivity index is 1.47. The molecule has 0 saturated carbocycles. The number of amides is 1. The molecule has 1 amide bonds. The van der Waals surface area contributed by atoms with E-state index < -0.39 is 10.8 Å². The number of oxazole rings is 1. The first-order valence-electron chi connectivity index (χ1n) is 11.8. The number of ether oxygens (including phenoxy) is 1. The first-order chi connectivity index (χ1) is 17.8. The second-order valence-electron chi connectivity index (χ2n) is 8.42. The molecule has 0 saturated heterocycles. The number of nitrogens with one attached hydrogen (secondary N) is 2. The quantitative estimate of drug-likeness (QED) is 0.155. The van der Waals surface area contributed by atoms with Crippen molar-refractivity contribution in [3.8, 4) is 17.2 Å². The van der Waals surface area contributed by atoms with Gasteiger partial charge in [-0.3, -0.25) is 20.2 Å². The molecule has 4 rings (SSSR count). The van der Waals surface area contributed by atoms with Crippen LogP contribution in [0, 0.1) is 10.1 Å². The summed E-state index contributed by atoms with van der Waals surface area (Å²) in [5, 5.41) is 16.9. The zero-order valence-electron chi connectivity index (χ0n) is 20.6. The third-order valence-electron chi connectivity index (χ3n) is 5.91. The lowest BCUT2D eigenvalue weighted by Crippen LogP contribution is -2.34. The molecule has 10 heteroatoms. The van der Waals surface area contributed by atoms with Crippen molar-refractivity contribution in [3.05, 3.63) is 81.9 Å². The molecule has 0 radical (unpaired) electrons. The van der Waals surface area contributed by atoms with E-state index in [2.05, 4.69) is 41.6 Å². The molecule has 1 atom stereocenters. The highest BCUT2D eigenvalue weighted by Crippen LogP contribution is 2.30. The maximum Gasteiger partial charge on any atom is 0.311 e. The van der Waals surface area contributed by atoms with Crippen LogP contribution in [0.5, 0.6) is 5.75 Å². The molecule has 4 aromatic rings. The van der Waals surface area contributed by atoms with E-state index in [0.717, 1.165) is 23.6 Å². The molecule has 190 valence electrons. The van der Waals surface area contributed by atoms with Crippen LogP contribution >= 0.6 is 12.2 Å². The predicted molar refractivity (Wildman–Crippen MR) is 146 cm³/mol. The Kier molecular flexibility index (Phi) is 7.78. The number of benzene rings is 3. The van der Waals surface area contributed by atoms with E-state index in [1.807, 2.05) is 18.2 Å². The molecule has 9 nitrogen and oxygen atoms in total. The van der Waals surface area contributed by atoms with Gasteiger partial charge in [-0.05, 0) is 79.5 Å². The number of rotatable bonds is 8. The first-order valence-corrected chi connectivity index (χ1v) is 12.2. The zero-order chi connectivity index (χ0) is 26.5. The predicted octanol–water partition coefficient (Wildman–Crippen LogP) is 6.44. The third-order valence-corrected chi connectivity index (χ3v) is 6.11. The number of carbonyl (C=O) groups is 1. The minimum atomic E-state index is -0.596. The van der Waals surface area contributed by atoms with Gasteiger partial charge in [0.25, 0.3) is 5.91 Å². The molecule has 0 aliphatic rings. The van der Waals surface area contributed by atoms with Crippen molar-refractivity contribution in [1.82, 2.24) is 10.3 Å². The summed E-state index contributed by atoms with van der Waals surface area (Å²) in [5.74, 6) is 0.409. The number of nitro groups is 1. The molecule has 3 aromatic carbocycles. The molecule has 0 aliphatic carbocycles. The topological polar surface area (TPSA) is 120 Å². The van der Waals surface area contributed by atoms with Crippen LogP contribution in [-0.2, 0) is 0 Å². The molecule has 37 heavy (non-hydrogen) atoms.